The first-order valence-electron chi connectivity index (χ1n) is 7.17. The standard InChI is InChI=1S/C17H12Cl3N3OS/c18-14-4-5-15(19)16(20)13(14)10-24-12-3-1-2-11(8-12)9-22-23-17-21-6-7-25-17/h1-9H,10H2,(H,21,23)/b22-9+. The van der Waals surface area contributed by atoms with Crippen LogP contribution < -0.4 is 10.2 Å². The highest BCUT2D eigenvalue weighted by atomic mass is 35.5. The predicted octanol–water partition coefficient (Wildman–Crippen LogP) is 6.13. The van der Waals surface area contributed by atoms with E-state index in [0.29, 0.717) is 26.4 Å². The average Bonchev–Trinajstić information content (AvgIpc) is 3.12. The van der Waals surface area contributed by atoms with Gasteiger partial charge < -0.3 is 4.74 Å². The summed E-state index contributed by atoms with van der Waals surface area (Å²) in [6.45, 7) is 0.218. The smallest absolute Gasteiger partial charge is 0.203 e. The Morgan fingerprint density at radius 3 is 2.80 bits per heavy atom. The molecular formula is C17H12Cl3N3OS. The first-order valence-corrected chi connectivity index (χ1v) is 9.18. The van der Waals surface area contributed by atoms with Crippen LogP contribution in [0.4, 0.5) is 5.13 Å². The van der Waals surface area contributed by atoms with Crippen molar-refractivity contribution in [2.45, 2.75) is 6.61 Å². The molecular weight excluding hydrogens is 401 g/mol. The summed E-state index contributed by atoms with van der Waals surface area (Å²) >= 11 is 19.8. The van der Waals surface area contributed by atoms with Crippen LogP contribution in [-0.4, -0.2) is 11.2 Å². The Hall–Kier alpha value is -1.79. The van der Waals surface area contributed by atoms with Crippen LogP contribution in [0, 0.1) is 0 Å². The molecule has 0 atom stereocenters. The molecule has 0 fully saturated rings. The first-order chi connectivity index (χ1) is 12.1. The van der Waals surface area contributed by atoms with E-state index in [1.54, 1.807) is 24.5 Å². The van der Waals surface area contributed by atoms with Gasteiger partial charge in [0.15, 0.2) is 0 Å². The molecule has 1 heterocycles. The van der Waals surface area contributed by atoms with Gasteiger partial charge in [-0.15, -0.1) is 11.3 Å². The van der Waals surface area contributed by atoms with Gasteiger partial charge in [0, 0.05) is 22.2 Å². The summed E-state index contributed by atoms with van der Waals surface area (Å²) in [4.78, 5) is 4.08. The molecule has 0 radical (unpaired) electrons. The molecule has 0 amide bonds. The van der Waals surface area contributed by atoms with Crippen LogP contribution >= 0.6 is 46.1 Å². The molecule has 128 valence electrons. The average molecular weight is 413 g/mol. The molecule has 0 saturated heterocycles. The molecule has 25 heavy (non-hydrogen) atoms. The zero-order chi connectivity index (χ0) is 17.6. The van der Waals surface area contributed by atoms with Crippen LogP contribution in [-0.2, 0) is 6.61 Å². The number of hydrazone groups is 1. The van der Waals surface area contributed by atoms with E-state index in [9.17, 15) is 0 Å². The lowest BCUT2D eigenvalue weighted by atomic mass is 10.2. The van der Waals surface area contributed by atoms with E-state index in [1.165, 1.54) is 11.3 Å². The largest absolute Gasteiger partial charge is 0.489 e. The van der Waals surface area contributed by atoms with Crippen molar-refractivity contribution in [1.29, 1.82) is 0 Å². The molecule has 2 aromatic carbocycles. The number of nitrogens with zero attached hydrogens (tertiary/aromatic N) is 2. The number of nitrogens with one attached hydrogen (secondary N) is 1. The second-order valence-electron chi connectivity index (χ2n) is 4.89. The first kappa shape index (κ1) is 18.0. The third-order valence-electron chi connectivity index (χ3n) is 3.19. The van der Waals surface area contributed by atoms with Crippen LogP contribution in [0.5, 0.6) is 5.75 Å². The maximum atomic E-state index is 6.18. The summed E-state index contributed by atoms with van der Waals surface area (Å²) in [7, 11) is 0. The minimum Gasteiger partial charge on any atom is -0.489 e. The Morgan fingerprint density at radius 1 is 1.16 bits per heavy atom. The lowest BCUT2D eigenvalue weighted by Crippen LogP contribution is -1.98. The number of ether oxygens (including phenoxy) is 1. The fourth-order valence-electron chi connectivity index (χ4n) is 1.98. The van der Waals surface area contributed by atoms with Crippen molar-refractivity contribution in [3.8, 4) is 5.75 Å². The minimum atomic E-state index is 0.218. The number of rotatable bonds is 6. The summed E-state index contributed by atoms with van der Waals surface area (Å²) in [6, 6.07) is 10.8. The Bertz CT molecular complexity index is 885. The monoisotopic (exact) mass is 411 g/mol. The molecule has 0 aliphatic carbocycles. The second-order valence-corrected chi connectivity index (χ2v) is 6.98. The molecule has 0 saturated carbocycles. The van der Waals surface area contributed by atoms with Gasteiger partial charge in [0.1, 0.15) is 12.4 Å². The van der Waals surface area contributed by atoms with E-state index in [0.717, 1.165) is 10.7 Å². The van der Waals surface area contributed by atoms with Gasteiger partial charge >= 0.3 is 0 Å². The number of anilines is 1. The highest BCUT2D eigenvalue weighted by Crippen LogP contribution is 2.32. The van der Waals surface area contributed by atoms with E-state index in [1.807, 2.05) is 29.6 Å². The topological polar surface area (TPSA) is 46.5 Å². The van der Waals surface area contributed by atoms with Crippen molar-refractivity contribution in [3.63, 3.8) is 0 Å². The van der Waals surface area contributed by atoms with Crippen molar-refractivity contribution in [2.75, 3.05) is 5.43 Å². The van der Waals surface area contributed by atoms with Gasteiger partial charge in [-0.2, -0.15) is 5.10 Å². The Kier molecular flexibility index (Phi) is 6.15. The highest BCUT2D eigenvalue weighted by Gasteiger charge is 2.10. The predicted molar refractivity (Wildman–Crippen MR) is 106 cm³/mol. The van der Waals surface area contributed by atoms with Gasteiger partial charge in [-0.25, -0.2) is 4.98 Å². The molecule has 3 rings (SSSR count). The summed E-state index contributed by atoms with van der Waals surface area (Å²) in [5, 5.41) is 8.10. The number of thiazole rings is 1. The number of hydrogen-bond donors (Lipinski definition) is 1. The molecule has 4 nitrogen and oxygen atoms in total. The van der Waals surface area contributed by atoms with Crippen molar-refractivity contribution < 1.29 is 4.74 Å². The molecule has 8 heteroatoms. The highest BCUT2D eigenvalue weighted by molar-refractivity contribution is 7.13. The number of benzene rings is 2. The quantitative estimate of drug-likeness (QED) is 0.301. The fraction of sp³-hybridized carbons (Fsp3) is 0.0588. The molecule has 3 aromatic rings. The van der Waals surface area contributed by atoms with Crippen molar-refractivity contribution >= 4 is 57.5 Å². The molecule has 1 N–H and O–H groups in total. The Balaban J connectivity index is 1.66. The van der Waals surface area contributed by atoms with Crippen LogP contribution in [0.2, 0.25) is 15.1 Å². The maximum absolute atomic E-state index is 6.18. The summed E-state index contributed by atoms with van der Waals surface area (Å²) in [5.41, 5.74) is 4.39. The SMILES string of the molecule is Clc1ccc(Cl)c(COc2cccc(/C=N/Nc3nccs3)c2)c1Cl. The lowest BCUT2D eigenvalue weighted by molar-refractivity contribution is 0.306. The Morgan fingerprint density at radius 2 is 2.00 bits per heavy atom. The van der Waals surface area contributed by atoms with E-state index in [4.69, 9.17) is 39.5 Å². The van der Waals surface area contributed by atoms with Crippen LogP contribution in [0.1, 0.15) is 11.1 Å². The van der Waals surface area contributed by atoms with Crippen molar-refractivity contribution in [2.24, 2.45) is 5.10 Å². The van der Waals surface area contributed by atoms with Gasteiger partial charge in [0.2, 0.25) is 5.13 Å². The van der Waals surface area contributed by atoms with Gasteiger partial charge in [0.05, 0.1) is 16.3 Å². The molecule has 0 unspecified atom stereocenters. The molecule has 1 aromatic heterocycles. The fourth-order valence-corrected chi connectivity index (χ4v) is 3.12. The van der Waals surface area contributed by atoms with E-state index in [2.05, 4.69) is 15.5 Å². The normalized spacial score (nSPS) is 11.0. The molecule has 0 spiro atoms. The number of aromatic nitrogens is 1. The summed E-state index contributed by atoms with van der Waals surface area (Å²) < 4.78 is 5.78. The van der Waals surface area contributed by atoms with Gasteiger partial charge in [0.25, 0.3) is 0 Å². The summed E-state index contributed by atoms with van der Waals surface area (Å²) in [6.07, 6.45) is 3.40. The van der Waals surface area contributed by atoms with E-state index < -0.39 is 0 Å². The van der Waals surface area contributed by atoms with Crippen LogP contribution in [0.25, 0.3) is 0 Å². The minimum absolute atomic E-state index is 0.218. The van der Waals surface area contributed by atoms with Gasteiger partial charge in [-0.05, 0) is 29.8 Å². The molecule has 0 aliphatic rings. The van der Waals surface area contributed by atoms with Gasteiger partial charge in [-0.1, -0.05) is 46.9 Å². The Labute approximate surface area is 164 Å². The lowest BCUT2D eigenvalue weighted by Gasteiger charge is -2.11. The third-order valence-corrected chi connectivity index (χ3v) is 5.06. The number of hydrogen-bond acceptors (Lipinski definition) is 5. The second kappa shape index (κ2) is 8.54. The molecule has 0 aliphatic heterocycles. The molecule has 0 bridgehead atoms. The zero-order valence-corrected chi connectivity index (χ0v) is 15.8. The van der Waals surface area contributed by atoms with Crippen LogP contribution in [0.15, 0.2) is 53.1 Å². The number of halogens is 3. The third kappa shape index (κ3) is 4.86. The zero-order valence-electron chi connectivity index (χ0n) is 12.7. The van der Waals surface area contributed by atoms with Gasteiger partial charge in [-0.3, -0.25) is 5.43 Å². The van der Waals surface area contributed by atoms with E-state index in [-0.39, 0.29) is 6.61 Å². The van der Waals surface area contributed by atoms with Crippen LogP contribution in [0.3, 0.4) is 0 Å². The van der Waals surface area contributed by atoms with Crippen molar-refractivity contribution in [1.82, 2.24) is 4.98 Å². The maximum Gasteiger partial charge on any atom is 0.203 e. The van der Waals surface area contributed by atoms with E-state index >= 15 is 0 Å². The summed E-state index contributed by atoms with van der Waals surface area (Å²) in [5.74, 6) is 0.672. The van der Waals surface area contributed by atoms with Crippen molar-refractivity contribution in [3.05, 3.63) is 74.2 Å².